The summed E-state index contributed by atoms with van der Waals surface area (Å²) >= 11 is 0. The van der Waals surface area contributed by atoms with Gasteiger partial charge in [-0.15, -0.1) is 0 Å². The number of methoxy groups -OCH3 is 1. The Hall–Kier alpha value is -0.300. The molecule has 11 heavy (non-hydrogen) atoms. The van der Waals surface area contributed by atoms with Gasteiger partial charge in [-0.25, -0.2) is 0 Å². The van der Waals surface area contributed by atoms with Crippen LogP contribution in [0, 0.1) is 0 Å². The zero-order chi connectivity index (χ0) is 8.74. The highest BCUT2D eigenvalue weighted by Crippen LogP contribution is 2.25. The van der Waals surface area contributed by atoms with E-state index in [9.17, 15) is 0 Å². The maximum Gasteiger partial charge on any atom is 0.0688 e. The molecule has 0 amide bonds. The van der Waals surface area contributed by atoms with Crippen LogP contribution in [0.25, 0.3) is 0 Å². The standard InChI is InChI=1S/C8H14O.C2H6/c1-8(9-2)6-4-3-5-7-8;1-2/h3-4H,5-7H2,1-2H3;1-2H3. The van der Waals surface area contributed by atoms with E-state index in [4.69, 9.17) is 4.74 Å². The Labute approximate surface area is 70.4 Å². The van der Waals surface area contributed by atoms with Gasteiger partial charge in [0, 0.05) is 7.11 Å². The second kappa shape index (κ2) is 5.36. The molecule has 0 aromatic carbocycles. The van der Waals surface area contributed by atoms with Gasteiger partial charge in [0.25, 0.3) is 0 Å². The van der Waals surface area contributed by atoms with Crippen LogP contribution in [0.4, 0.5) is 0 Å². The minimum absolute atomic E-state index is 0.134. The molecule has 66 valence electrons. The summed E-state index contributed by atoms with van der Waals surface area (Å²) in [6, 6.07) is 0. The van der Waals surface area contributed by atoms with E-state index in [-0.39, 0.29) is 5.60 Å². The van der Waals surface area contributed by atoms with E-state index in [0.29, 0.717) is 0 Å². The summed E-state index contributed by atoms with van der Waals surface area (Å²) < 4.78 is 5.33. The molecule has 1 nitrogen and oxygen atoms in total. The third-order valence-electron chi connectivity index (χ3n) is 2.05. The largest absolute Gasteiger partial charge is 0.378 e. The van der Waals surface area contributed by atoms with Gasteiger partial charge in [-0.05, 0) is 26.2 Å². The van der Waals surface area contributed by atoms with Crippen LogP contribution in [0.2, 0.25) is 0 Å². The van der Waals surface area contributed by atoms with Crippen LogP contribution in [0.1, 0.15) is 40.0 Å². The molecular formula is C10H20O. The Morgan fingerprint density at radius 2 is 1.91 bits per heavy atom. The molecular weight excluding hydrogens is 136 g/mol. The van der Waals surface area contributed by atoms with E-state index in [1.54, 1.807) is 7.11 Å². The second-order valence-corrected chi connectivity index (χ2v) is 2.87. The predicted molar refractivity (Wildman–Crippen MR) is 49.8 cm³/mol. The summed E-state index contributed by atoms with van der Waals surface area (Å²) in [5, 5.41) is 0. The molecule has 0 radical (unpaired) electrons. The van der Waals surface area contributed by atoms with Gasteiger partial charge in [-0.3, -0.25) is 0 Å². The molecule has 0 saturated heterocycles. The predicted octanol–water partition coefficient (Wildman–Crippen LogP) is 3.16. The van der Waals surface area contributed by atoms with E-state index in [1.165, 1.54) is 12.8 Å². The minimum Gasteiger partial charge on any atom is -0.378 e. The fourth-order valence-electron chi connectivity index (χ4n) is 1.13. The second-order valence-electron chi connectivity index (χ2n) is 2.87. The SMILES string of the molecule is CC.COC1(C)CC=CCC1. The lowest BCUT2D eigenvalue weighted by Gasteiger charge is -2.28. The molecule has 0 aromatic rings. The lowest BCUT2D eigenvalue weighted by atomic mass is 9.91. The molecule has 1 aliphatic rings. The molecule has 0 N–H and O–H groups in total. The molecule has 0 aromatic heterocycles. The summed E-state index contributed by atoms with van der Waals surface area (Å²) in [4.78, 5) is 0. The van der Waals surface area contributed by atoms with Gasteiger partial charge in [-0.1, -0.05) is 26.0 Å². The van der Waals surface area contributed by atoms with E-state index in [0.717, 1.165) is 6.42 Å². The molecule has 0 spiro atoms. The lowest BCUT2D eigenvalue weighted by molar-refractivity contribution is -0.000844. The van der Waals surface area contributed by atoms with Crippen LogP contribution in [0.15, 0.2) is 12.2 Å². The Morgan fingerprint density at radius 3 is 2.18 bits per heavy atom. The molecule has 0 bridgehead atoms. The highest BCUT2D eigenvalue weighted by Gasteiger charge is 2.22. The van der Waals surface area contributed by atoms with Crippen molar-refractivity contribution in [2.24, 2.45) is 0 Å². The third kappa shape index (κ3) is 3.57. The first kappa shape index (κ1) is 10.7. The topological polar surface area (TPSA) is 9.23 Å². The summed E-state index contributed by atoms with van der Waals surface area (Å²) in [7, 11) is 1.79. The van der Waals surface area contributed by atoms with Crippen molar-refractivity contribution in [1.82, 2.24) is 0 Å². The summed E-state index contributed by atoms with van der Waals surface area (Å²) in [6.07, 6.45) is 7.83. The van der Waals surface area contributed by atoms with Crippen molar-refractivity contribution in [3.63, 3.8) is 0 Å². The maximum atomic E-state index is 5.33. The van der Waals surface area contributed by atoms with Gasteiger partial charge in [0.2, 0.25) is 0 Å². The molecule has 0 saturated carbocycles. The van der Waals surface area contributed by atoms with E-state index >= 15 is 0 Å². The van der Waals surface area contributed by atoms with Gasteiger partial charge in [0.15, 0.2) is 0 Å². The Bertz CT molecular complexity index is 118. The van der Waals surface area contributed by atoms with Crippen LogP contribution in [-0.4, -0.2) is 12.7 Å². The highest BCUT2D eigenvalue weighted by molar-refractivity contribution is 4.96. The van der Waals surface area contributed by atoms with Crippen molar-refractivity contribution in [2.45, 2.75) is 45.6 Å². The molecule has 0 aliphatic heterocycles. The minimum atomic E-state index is 0.134. The highest BCUT2D eigenvalue weighted by atomic mass is 16.5. The van der Waals surface area contributed by atoms with Crippen LogP contribution < -0.4 is 0 Å². The number of rotatable bonds is 1. The Kier molecular flexibility index (Phi) is 5.22. The first-order chi connectivity index (χ1) is 5.27. The van der Waals surface area contributed by atoms with Crippen LogP contribution >= 0.6 is 0 Å². The van der Waals surface area contributed by atoms with Gasteiger partial charge >= 0.3 is 0 Å². The first-order valence-corrected chi connectivity index (χ1v) is 4.47. The average molecular weight is 156 g/mol. The van der Waals surface area contributed by atoms with Crippen molar-refractivity contribution < 1.29 is 4.74 Å². The number of hydrogen-bond acceptors (Lipinski definition) is 1. The summed E-state index contributed by atoms with van der Waals surface area (Å²) in [5.74, 6) is 0. The van der Waals surface area contributed by atoms with Crippen molar-refractivity contribution >= 4 is 0 Å². The third-order valence-corrected chi connectivity index (χ3v) is 2.05. The van der Waals surface area contributed by atoms with Crippen molar-refractivity contribution in [3.8, 4) is 0 Å². The molecule has 0 heterocycles. The monoisotopic (exact) mass is 156 g/mol. The first-order valence-electron chi connectivity index (χ1n) is 4.47. The number of ether oxygens (including phenoxy) is 1. The van der Waals surface area contributed by atoms with Gasteiger partial charge < -0.3 is 4.74 Å². The maximum absolute atomic E-state index is 5.33. The summed E-state index contributed by atoms with van der Waals surface area (Å²) in [5.41, 5.74) is 0.134. The Morgan fingerprint density at radius 1 is 1.27 bits per heavy atom. The van der Waals surface area contributed by atoms with E-state index in [1.807, 2.05) is 13.8 Å². The van der Waals surface area contributed by atoms with Gasteiger partial charge in [-0.2, -0.15) is 0 Å². The fraction of sp³-hybridized carbons (Fsp3) is 0.800. The van der Waals surface area contributed by atoms with Crippen LogP contribution in [0.5, 0.6) is 0 Å². The average Bonchev–Trinajstić information content (AvgIpc) is 2.10. The van der Waals surface area contributed by atoms with Gasteiger partial charge in [0.1, 0.15) is 0 Å². The van der Waals surface area contributed by atoms with Crippen LogP contribution in [0.3, 0.4) is 0 Å². The smallest absolute Gasteiger partial charge is 0.0688 e. The van der Waals surface area contributed by atoms with E-state index in [2.05, 4.69) is 19.1 Å². The van der Waals surface area contributed by atoms with Crippen molar-refractivity contribution in [3.05, 3.63) is 12.2 Å². The quantitative estimate of drug-likeness (QED) is 0.530. The Balaban J connectivity index is 0.000000461. The molecule has 1 rings (SSSR count). The molecule has 1 atom stereocenters. The fourth-order valence-corrected chi connectivity index (χ4v) is 1.13. The van der Waals surface area contributed by atoms with Crippen molar-refractivity contribution in [1.29, 1.82) is 0 Å². The van der Waals surface area contributed by atoms with E-state index < -0.39 is 0 Å². The van der Waals surface area contributed by atoms with Gasteiger partial charge in [0.05, 0.1) is 5.60 Å². The van der Waals surface area contributed by atoms with Crippen LogP contribution in [-0.2, 0) is 4.74 Å². The zero-order valence-electron chi connectivity index (χ0n) is 8.18. The lowest BCUT2D eigenvalue weighted by Crippen LogP contribution is -2.27. The molecule has 1 heteroatoms. The number of hydrogen-bond donors (Lipinski definition) is 0. The zero-order valence-corrected chi connectivity index (χ0v) is 8.18. The van der Waals surface area contributed by atoms with Crippen molar-refractivity contribution in [2.75, 3.05) is 7.11 Å². The molecule has 1 unspecified atom stereocenters. The normalized spacial score (nSPS) is 29.1. The molecule has 0 fully saturated rings. The summed E-state index contributed by atoms with van der Waals surface area (Å²) in [6.45, 7) is 6.16. The molecule has 1 aliphatic carbocycles. The number of allylic oxidation sites excluding steroid dienone is 1.